The summed E-state index contributed by atoms with van der Waals surface area (Å²) in [6.45, 7) is 2.53. The third kappa shape index (κ3) is 2.37. The van der Waals surface area contributed by atoms with Crippen LogP contribution < -0.4 is 5.73 Å². The first-order valence-electron chi connectivity index (χ1n) is 4.89. The lowest BCUT2D eigenvalue weighted by atomic mass is 10.2. The van der Waals surface area contributed by atoms with Crippen LogP contribution in [-0.2, 0) is 6.54 Å². The molecular formula is C11H12N4S. The van der Waals surface area contributed by atoms with Gasteiger partial charge < -0.3 is 5.73 Å². The molecule has 0 aliphatic heterocycles. The van der Waals surface area contributed by atoms with Crippen LogP contribution in [0, 0.1) is 6.92 Å². The molecule has 0 atom stereocenters. The Morgan fingerprint density at radius 1 is 1.25 bits per heavy atom. The van der Waals surface area contributed by atoms with Crippen LogP contribution in [0.25, 0.3) is 0 Å². The summed E-state index contributed by atoms with van der Waals surface area (Å²) in [7, 11) is 0. The molecule has 5 heteroatoms. The Labute approximate surface area is 98.3 Å². The highest BCUT2D eigenvalue weighted by Gasteiger charge is 2.07. The Balaban J connectivity index is 2.31. The molecule has 0 aliphatic rings. The fourth-order valence-electron chi connectivity index (χ4n) is 1.34. The third-order valence-corrected chi connectivity index (χ3v) is 3.21. The fourth-order valence-corrected chi connectivity index (χ4v) is 2.25. The topological polar surface area (TPSA) is 64.7 Å². The first kappa shape index (κ1) is 11.0. The molecule has 0 spiro atoms. The number of nitrogens with two attached hydrogens (primary N) is 1. The van der Waals surface area contributed by atoms with E-state index >= 15 is 0 Å². The lowest BCUT2D eigenvalue weighted by Gasteiger charge is -2.08. The van der Waals surface area contributed by atoms with E-state index < -0.39 is 0 Å². The predicted molar refractivity (Wildman–Crippen MR) is 63.0 cm³/mol. The van der Waals surface area contributed by atoms with Gasteiger partial charge in [0.25, 0.3) is 0 Å². The zero-order chi connectivity index (χ0) is 11.4. The number of hydrogen-bond acceptors (Lipinski definition) is 5. The molecule has 2 aromatic rings. The van der Waals surface area contributed by atoms with Crippen LogP contribution in [0.4, 0.5) is 0 Å². The lowest BCUT2D eigenvalue weighted by Crippen LogP contribution is -2.02. The normalized spacial score (nSPS) is 10.4. The van der Waals surface area contributed by atoms with E-state index in [2.05, 4.69) is 15.0 Å². The molecule has 0 saturated carbocycles. The van der Waals surface area contributed by atoms with Crippen molar-refractivity contribution >= 4 is 11.8 Å². The Hall–Kier alpha value is -1.46. The van der Waals surface area contributed by atoms with Gasteiger partial charge in [-0.2, -0.15) is 0 Å². The molecule has 4 nitrogen and oxygen atoms in total. The van der Waals surface area contributed by atoms with Crippen molar-refractivity contribution in [2.75, 3.05) is 0 Å². The minimum atomic E-state index is 0.493. The molecule has 16 heavy (non-hydrogen) atoms. The highest BCUT2D eigenvalue weighted by molar-refractivity contribution is 7.99. The van der Waals surface area contributed by atoms with E-state index in [9.17, 15) is 0 Å². The Morgan fingerprint density at radius 2 is 2.12 bits per heavy atom. The van der Waals surface area contributed by atoms with Crippen molar-refractivity contribution in [1.29, 1.82) is 0 Å². The van der Waals surface area contributed by atoms with E-state index in [0.29, 0.717) is 6.54 Å². The van der Waals surface area contributed by atoms with Crippen molar-refractivity contribution in [1.82, 2.24) is 15.0 Å². The molecular weight excluding hydrogens is 220 g/mol. The maximum Gasteiger partial charge on any atom is 0.116 e. The van der Waals surface area contributed by atoms with Gasteiger partial charge in [0, 0.05) is 24.5 Å². The quantitative estimate of drug-likeness (QED) is 0.817. The Bertz CT molecular complexity index is 473. The van der Waals surface area contributed by atoms with Crippen LogP contribution in [0.5, 0.6) is 0 Å². The molecule has 2 heterocycles. The van der Waals surface area contributed by atoms with Gasteiger partial charge in [-0.25, -0.2) is 15.0 Å². The van der Waals surface area contributed by atoms with E-state index in [1.165, 1.54) is 18.1 Å². The monoisotopic (exact) mass is 232 g/mol. The fraction of sp³-hybridized carbons (Fsp3) is 0.182. The second-order valence-electron chi connectivity index (χ2n) is 3.27. The number of nitrogens with zero attached hydrogens (tertiary/aromatic N) is 3. The van der Waals surface area contributed by atoms with E-state index in [0.717, 1.165) is 21.2 Å². The predicted octanol–water partition coefficient (Wildman–Crippen LogP) is 1.79. The van der Waals surface area contributed by atoms with Crippen LogP contribution >= 0.6 is 11.8 Å². The minimum Gasteiger partial charge on any atom is -0.326 e. The summed E-state index contributed by atoms with van der Waals surface area (Å²) in [5.41, 5.74) is 7.96. The molecule has 0 amide bonds. The van der Waals surface area contributed by atoms with Crippen molar-refractivity contribution in [3.63, 3.8) is 0 Å². The zero-order valence-corrected chi connectivity index (χ0v) is 9.74. The number of hydrogen-bond donors (Lipinski definition) is 1. The molecule has 0 aliphatic carbocycles. The van der Waals surface area contributed by atoms with Gasteiger partial charge in [-0.1, -0.05) is 0 Å². The first-order valence-corrected chi connectivity index (χ1v) is 5.71. The van der Waals surface area contributed by atoms with E-state index in [1.54, 1.807) is 12.4 Å². The second-order valence-corrected chi connectivity index (χ2v) is 4.27. The van der Waals surface area contributed by atoms with Crippen LogP contribution in [-0.4, -0.2) is 15.0 Å². The van der Waals surface area contributed by atoms with Crippen molar-refractivity contribution in [2.45, 2.75) is 23.5 Å². The molecule has 2 N–H and O–H groups in total. The van der Waals surface area contributed by atoms with Crippen LogP contribution in [0.2, 0.25) is 0 Å². The van der Waals surface area contributed by atoms with Crippen molar-refractivity contribution in [2.24, 2.45) is 5.73 Å². The van der Waals surface area contributed by atoms with Gasteiger partial charge >= 0.3 is 0 Å². The smallest absolute Gasteiger partial charge is 0.116 e. The van der Waals surface area contributed by atoms with Crippen molar-refractivity contribution in [3.05, 3.63) is 42.0 Å². The van der Waals surface area contributed by atoms with Crippen LogP contribution in [0.15, 0.2) is 40.9 Å². The maximum atomic E-state index is 5.72. The zero-order valence-electron chi connectivity index (χ0n) is 8.92. The molecule has 0 bridgehead atoms. The number of aromatic nitrogens is 3. The summed E-state index contributed by atoms with van der Waals surface area (Å²) in [5.74, 6) is 0. The minimum absolute atomic E-state index is 0.493. The summed E-state index contributed by atoms with van der Waals surface area (Å²) < 4.78 is 0. The molecule has 82 valence electrons. The molecule has 0 fully saturated rings. The van der Waals surface area contributed by atoms with E-state index in [1.807, 2.05) is 19.1 Å². The average Bonchev–Trinajstić information content (AvgIpc) is 2.31. The Morgan fingerprint density at radius 3 is 2.81 bits per heavy atom. The molecule has 0 unspecified atom stereocenters. The highest BCUT2D eigenvalue weighted by atomic mass is 32.2. The van der Waals surface area contributed by atoms with Gasteiger partial charge in [-0.15, -0.1) is 0 Å². The molecule has 2 aromatic heterocycles. The summed E-state index contributed by atoms with van der Waals surface area (Å²) in [4.78, 5) is 12.4. The summed E-state index contributed by atoms with van der Waals surface area (Å²) >= 11 is 1.51. The van der Waals surface area contributed by atoms with Gasteiger partial charge in [0.2, 0.25) is 0 Å². The second kappa shape index (κ2) is 5.05. The van der Waals surface area contributed by atoms with Gasteiger partial charge in [-0.3, -0.25) is 0 Å². The first-order chi connectivity index (χ1) is 7.81. The SMILES string of the molecule is Cc1ccnc(Sc2ccncn2)c1CN. The number of aryl methyl sites for hydroxylation is 1. The van der Waals surface area contributed by atoms with Gasteiger partial charge in [-0.05, 0) is 36.4 Å². The average molecular weight is 232 g/mol. The standard InChI is InChI=1S/C11H12N4S/c1-8-2-5-14-11(9(8)6-12)16-10-3-4-13-7-15-10/h2-5,7H,6,12H2,1H3. The Kier molecular flexibility index (Phi) is 3.48. The molecule has 0 radical (unpaired) electrons. The highest BCUT2D eigenvalue weighted by Crippen LogP contribution is 2.27. The largest absolute Gasteiger partial charge is 0.326 e. The van der Waals surface area contributed by atoms with E-state index in [-0.39, 0.29) is 0 Å². The van der Waals surface area contributed by atoms with Gasteiger partial charge in [0.1, 0.15) is 16.4 Å². The van der Waals surface area contributed by atoms with Crippen LogP contribution in [0.3, 0.4) is 0 Å². The summed E-state index contributed by atoms with van der Waals surface area (Å²) in [5, 5.41) is 1.80. The van der Waals surface area contributed by atoms with Gasteiger partial charge in [0.05, 0.1) is 0 Å². The van der Waals surface area contributed by atoms with Crippen LogP contribution in [0.1, 0.15) is 11.1 Å². The van der Waals surface area contributed by atoms with E-state index in [4.69, 9.17) is 5.73 Å². The molecule has 0 aromatic carbocycles. The lowest BCUT2D eigenvalue weighted by molar-refractivity contribution is 0.938. The van der Waals surface area contributed by atoms with Crippen molar-refractivity contribution < 1.29 is 0 Å². The summed E-state index contributed by atoms with van der Waals surface area (Å²) in [6, 6.07) is 3.82. The van der Waals surface area contributed by atoms with Crippen molar-refractivity contribution in [3.8, 4) is 0 Å². The number of rotatable bonds is 3. The molecule has 2 rings (SSSR count). The summed E-state index contributed by atoms with van der Waals surface area (Å²) in [6.07, 6.45) is 5.03. The molecule has 0 saturated heterocycles. The third-order valence-electron chi connectivity index (χ3n) is 2.21. The maximum absolute atomic E-state index is 5.72. The van der Waals surface area contributed by atoms with Gasteiger partial charge in [0.15, 0.2) is 0 Å². The number of pyridine rings is 1.